The summed E-state index contributed by atoms with van der Waals surface area (Å²) in [4.78, 5) is 8.33. The fraction of sp³-hybridized carbons (Fsp3) is 1.00. The van der Waals surface area contributed by atoms with E-state index in [0.717, 1.165) is 6.92 Å². The maximum Gasteiger partial charge on any atom is 0.694 e. The Morgan fingerprint density at radius 3 is 1.53 bits per heavy atom. The number of nitrogens with zero attached hydrogens (tertiary/aromatic N) is 1. The van der Waals surface area contributed by atoms with Gasteiger partial charge < -0.3 is 0 Å². The van der Waals surface area contributed by atoms with Gasteiger partial charge in [-0.25, -0.2) is 8.42 Å². The van der Waals surface area contributed by atoms with Gasteiger partial charge in [-0.3, -0.25) is 0 Å². The van der Waals surface area contributed by atoms with E-state index in [-0.39, 0.29) is 0 Å². The summed E-state index contributed by atoms with van der Waals surface area (Å²) in [6, 6.07) is 0. The summed E-state index contributed by atoms with van der Waals surface area (Å²) in [5, 5.41) is -7.37. The van der Waals surface area contributed by atoms with E-state index in [2.05, 4.69) is 4.52 Å². The van der Waals surface area contributed by atoms with Crippen LogP contribution in [0.4, 0.5) is 57.1 Å². The zero-order chi connectivity index (χ0) is 26.2. The monoisotopic (exact) mass is 548 g/mol. The first kappa shape index (κ1) is 31.0. The van der Waals surface area contributed by atoms with Crippen molar-refractivity contribution in [3.8, 4) is 0 Å². The molecule has 0 saturated heterocycles. The van der Waals surface area contributed by atoms with Gasteiger partial charge in [0.1, 0.15) is 6.61 Å². The van der Waals surface area contributed by atoms with Crippen molar-refractivity contribution in [2.24, 2.45) is 0 Å². The van der Waals surface area contributed by atoms with E-state index >= 15 is 0 Å². The predicted octanol–water partition coefficient (Wildman–Crippen LogP) is 4.39. The van der Waals surface area contributed by atoms with Gasteiger partial charge in [-0.15, -0.1) is 9.42 Å². The molecule has 0 rings (SSSR count). The molecule has 32 heavy (non-hydrogen) atoms. The van der Waals surface area contributed by atoms with Gasteiger partial charge in [-0.05, 0) is 6.42 Å². The molecule has 0 heterocycles. The van der Waals surface area contributed by atoms with E-state index in [1.807, 2.05) is 0 Å². The van der Waals surface area contributed by atoms with Crippen molar-refractivity contribution in [1.29, 1.82) is 0 Å². The van der Waals surface area contributed by atoms with Crippen LogP contribution in [0.5, 0.6) is 0 Å². The molecule has 0 aliphatic carbocycles. The van der Waals surface area contributed by atoms with E-state index < -0.39 is 83.8 Å². The molecule has 0 aliphatic heterocycles. The van der Waals surface area contributed by atoms with Crippen LogP contribution in [0.15, 0.2) is 0 Å². The molecule has 0 saturated carbocycles. The summed E-state index contributed by atoms with van der Waals surface area (Å²) >= 11 is 0. The number of sulfonamides is 1. The van der Waals surface area contributed by atoms with Crippen molar-refractivity contribution in [2.75, 3.05) is 19.7 Å². The summed E-state index contributed by atoms with van der Waals surface area (Å²) in [5.74, 6) is -32.5. The maximum atomic E-state index is 14.0. The van der Waals surface area contributed by atoms with Gasteiger partial charge in [0.2, 0.25) is 0 Å². The fourth-order valence-corrected chi connectivity index (χ4v) is 3.65. The van der Waals surface area contributed by atoms with Crippen LogP contribution >= 0.6 is 8.25 Å². The highest BCUT2D eigenvalue weighted by molar-refractivity contribution is 7.90. The van der Waals surface area contributed by atoms with E-state index in [0.29, 0.717) is 0 Å². The molecule has 0 amide bonds. The van der Waals surface area contributed by atoms with Crippen LogP contribution in [0.3, 0.4) is 0 Å². The van der Waals surface area contributed by atoms with Crippen molar-refractivity contribution in [3.05, 3.63) is 0 Å². The SMILES string of the molecule is CCCN(CCO[P+](=O)O)S(=O)(=O)C(F)(F)C(F)(F)C(F)(F)C(F)(F)C(F)(F)C(F)(F)F. The van der Waals surface area contributed by atoms with Gasteiger partial charge in [0.05, 0.1) is 0 Å². The molecule has 192 valence electrons. The van der Waals surface area contributed by atoms with Crippen molar-refractivity contribution in [1.82, 2.24) is 4.31 Å². The van der Waals surface area contributed by atoms with E-state index in [1.165, 1.54) is 0 Å². The molecule has 0 radical (unpaired) electrons. The van der Waals surface area contributed by atoms with Crippen LogP contribution in [0.1, 0.15) is 13.3 Å². The molecule has 1 atom stereocenters. The molecule has 6 nitrogen and oxygen atoms in total. The van der Waals surface area contributed by atoms with Gasteiger partial charge in [0, 0.05) is 17.7 Å². The van der Waals surface area contributed by atoms with E-state index in [4.69, 9.17) is 4.89 Å². The lowest BCUT2D eigenvalue weighted by Crippen LogP contribution is -2.72. The van der Waals surface area contributed by atoms with Crippen LogP contribution in [0.2, 0.25) is 0 Å². The Morgan fingerprint density at radius 2 is 1.19 bits per heavy atom. The zero-order valence-corrected chi connectivity index (χ0v) is 16.8. The molecule has 0 spiro atoms. The minimum atomic E-state index is -8.27. The first-order chi connectivity index (χ1) is 13.9. The largest absolute Gasteiger partial charge is 0.694 e. The Balaban J connectivity index is 6.53. The summed E-state index contributed by atoms with van der Waals surface area (Å²) < 4.78 is 207. The van der Waals surface area contributed by atoms with Crippen LogP contribution in [0.25, 0.3) is 0 Å². The van der Waals surface area contributed by atoms with Crippen LogP contribution in [-0.4, -0.2) is 72.4 Å². The third-order valence-electron chi connectivity index (χ3n) is 3.58. The molecule has 0 aromatic rings. The van der Waals surface area contributed by atoms with Gasteiger partial charge in [0.25, 0.3) is 10.0 Å². The first-order valence-corrected chi connectivity index (χ1v) is 10.2. The van der Waals surface area contributed by atoms with Crippen molar-refractivity contribution >= 4 is 18.3 Å². The molecule has 1 N–H and O–H groups in total. The molecular formula is C11H12F13NO5PS+. The highest BCUT2D eigenvalue weighted by Crippen LogP contribution is 2.61. The summed E-state index contributed by atoms with van der Waals surface area (Å²) in [7, 11) is -10.7. The minimum Gasteiger partial charge on any atom is -0.206 e. The van der Waals surface area contributed by atoms with Crippen LogP contribution < -0.4 is 0 Å². The van der Waals surface area contributed by atoms with Gasteiger partial charge in [-0.1, -0.05) is 6.92 Å². The molecule has 21 heteroatoms. The topological polar surface area (TPSA) is 83.9 Å². The number of alkyl halides is 13. The molecule has 0 bridgehead atoms. The van der Waals surface area contributed by atoms with E-state index in [9.17, 15) is 70.1 Å². The number of rotatable bonds is 12. The number of hydrogen-bond donors (Lipinski definition) is 1. The number of halogens is 13. The highest BCUT2D eigenvalue weighted by atomic mass is 32.2. The Morgan fingerprint density at radius 1 is 0.781 bits per heavy atom. The average molecular weight is 548 g/mol. The summed E-state index contributed by atoms with van der Waals surface area (Å²) in [6.07, 6.45) is -8.17. The normalized spacial score (nSPS) is 15.9. The number of hydrogen-bond acceptors (Lipinski definition) is 4. The smallest absolute Gasteiger partial charge is 0.206 e. The summed E-state index contributed by atoms with van der Waals surface area (Å²) in [6.45, 7) is -3.06. The Kier molecular flexibility index (Phi) is 9.06. The van der Waals surface area contributed by atoms with Crippen molar-refractivity contribution in [3.63, 3.8) is 0 Å². The zero-order valence-electron chi connectivity index (χ0n) is 15.1. The summed E-state index contributed by atoms with van der Waals surface area (Å²) in [5.41, 5.74) is 0. The van der Waals surface area contributed by atoms with Gasteiger partial charge in [0.15, 0.2) is 0 Å². The quantitative estimate of drug-likeness (QED) is 0.289. The lowest BCUT2D eigenvalue weighted by atomic mass is 9.98. The van der Waals surface area contributed by atoms with Crippen molar-refractivity contribution < 1.29 is 79.5 Å². The third kappa shape index (κ3) is 4.92. The molecule has 1 unspecified atom stereocenters. The Hall–Kier alpha value is -0.980. The second-order valence-electron chi connectivity index (χ2n) is 5.79. The fourth-order valence-electron chi connectivity index (χ4n) is 1.90. The molecular weight excluding hydrogens is 536 g/mol. The maximum absolute atomic E-state index is 14.0. The average Bonchev–Trinajstić information content (AvgIpc) is 2.58. The van der Waals surface area contributed by atoms with Gasteiger partial charge in [-0.2, -0.15) is 61.4 Å². The standard InChI is InChI=1S/C11H11F13NO5PS/c1-2-3-25(4-5-30-31(26)27)32(28,29)11(23,24)9(18,19)7(14,15)6(12,13)8(16,17)10(20,21)22/h2-5H2,1H3/p+1. The predicted molar refractivity (Wildman–Crippen MR) is 77.4 cm³/mol. The van der Waals surface area contributed by atoms with Crippen LogP contribution in [-0.2, 0) is 19.1 Å². The molecule has 0 aromatic carbocycles. The molecule has 0 aliphatic rings. The third-order valence-corrected chi connectivity index (χ3v) is 5.94. The second kappa shape index (κ2) is 9.34. The molecule has 0 fully saturated rings. The van der Waals surface area contributed by atoms with Gasteiger partial charge >= 0.3 is 43.4 Å². The Labute approximate surface area is 171 Å². The molecule has 0 aromatic heterocycles. The Bertz CT molecular complexity index is 786. The van der Waals surface area contributed by atoms with Crippen molar-refractivity contribution in [2.45, 2.75) is 48.5 Å². The van der Waals surface area contributed by atoms with E-state index in [1.54, 1.807) is 0 Å². The second-order valence-corrected chi connectivity index (χ2v) is 8.50. The lowest BCUT2D eigenvalue weighted by molar-refractivity contribution is -0.433. The first-order valence-electron chi connectivity index (χ1n) is 7.62. The minimum absolute atomic E-state index is 0.537. The lowest BCUT2D eigenvalue weighted by Gasteiger charge is -2.40. The highest BCUT2D eigenvalue weighted by Gasteiger charge is 2.92. The van der Waals surface area contributed by atoms with Crippen LogP contribution in [0, 0.1) is 0 Å².